The monoisotopic (exact) mass is 323 g/mol. The zero-order valence-electron chi connectivity index (χ0n) is 11.8. The van der Waals surface area contributed by atoms with Crippen LogP contribution >= 0.6 is 23.2 Å². The van der Waals surface area contributed by atoms with E-state index in [0.29, 0.717) is 23.7 Å². The number of rotatable bonds is 2. The molecule has 0 aromatic heterocycles. The van der Waals surface area contributed by atoms with E-state index in [0.717, 1.165) is 31.4 Å². The summed E-state index contributed by atoms with van der Waals surface area (Å²) in [5.41, 5.74) is 0.894. The Balaban J connectivity index is 1.38. The normalized spacial score (nSPS) is 39.2. The zero-order chi connectivity index (χ0) is 14.6. The Kier molecular flexibility index (Phi) is 3.24. The molecule has 0 aliphatic heterocycles. The molecular formula is C17H19Cl2NO. The van der Waals surface area contributed by atoms with Crippen LogP contribution in [0.25, 0.3) is 0 Å². The number of benzene rings is 1. The van der Waals surface area contributed by atoms with Crippen LogP contribution in [0.5, 0.6) is 0 Å². The number of hydrogen-bond donors (Lipinski definition) is 1. The van der Waals surface area contributed by atoms with E-state index in [-0.39, 0.29) is 11.8 Å². The van der Waals surface area contributed by atoms with Gasteiger partial charge >= 0.3 is 0 Å². The Morgan fingerprint density at radius 2 is 1.57 bits per heavy atom. The van der Waals surface area contributed by atoms with Crippen LogP contribution in [0.2, 0.25) is 0 Å². The number of para-hydroxylation sites is 1. The first-order valence-corrected chi connectivity index (χ1v) is 8.58. The van der Waals surface area contributed by atoms with Crippen molar-refractivity contribution in [3.63, 3.8) is 0 Å². The SMILES string of the molecule is O=C(Nc1ccccc1)C1[C@@H]2CC[C@@H]3[C@@H](CC[C@@H]12)C3(Cl)Cl. The molecule has 112 valence electrons. The van der Waals surface area contributed by atoms with Gasteiger partial charge < -0.3 is 5.32 Å². The molecule has 0 saturated heterocycles. The largest absolute Gasteiger partial charge is 0.326 e. The molecule has 0 radical (unpaired) electrons. The van der Waals surface area contributed by atoms with Crippen LogP contribution in [-0.4, -0.2) is 10.2 Å². The van der Waals surface area contributed by atoms with E-state index in [1.54, 1.807) is 0 Å². The molecular weight excluding hydrogens is 305 g/mol. The van der Waals surface area contributed by atoms with Crippen molar-refractivity contribution < 1.29 is 4.79 Å². The maximum atomic E-state index is 12.4. The molecule has 0 spiro atoms. The summed E-state index contributed by atoms with van der Waals surface area (Å²) in [7, 11) is 0. The Bertz CT molecular complexity index is 537. The molecule has 3 aliphatic rings. The van der Waals surface area contributed by atoms with Gasteiger partial charge in [0.05, 0.1) is 0 Å². The molecule has 1 aromatic carbocycles. The minimum absolute atomic E-state index is 0.190. The Morgan fingerprint density at radius 3 is 2.14 bits per heavy atom. The molecule has 0 bridgehead atoms. The molecule has 3 fully saturated rings. The van der Waals surface area contributed by atoms with Crippen molar-refractivity contribution in [1.29, 1.82) is 0 Å². The second-order valence-corrected chi connectivity index (χ2v) is 8.20. The topological polar surface area (TPSA) is 29.1 Å². The van der Waals surface area contributed by atoms with Crippen molar-refractivity contribution in [2.75, 3.05) is 5.32 Å². The summed E-state index contributed by atoms with van der Waals surface area (Å²) in [6, 6.07) is 9.72. The van der Waals surface area contributed by atoms with Gasteiger partial charge in [0.15, 0.2) is 0 Å². The highest BCUT2D eigenvalue weighted by Crippen LogP contribution is 2.67. The van der Waals surface area contributed by atoms with Gasteiger partial charge in [0, 0.05) is 11.6 Å². The molecule has 4 heteroatoms. The summed E-state index contributed by atoms with van der Waals surface area (Å²) >= 11 is 12.6. The maximum Gasteiger partial charge on any atom is 0.228 e. The molecule has 0 unspecified atom stereocenters. The summed E-state index contributed by atoms with van der Waals surface area (Å²) < 4.78 is -0.474. The fraction of sp³-hybridized carbons (Fsp3) is 0.588. The van der Waals surface area contributed by atoms with Crippen LogP contribution in [0.1, 0.15) is 25.7 Å². The van der Waals surface area contributed by atoms with Crippen molar-refractivity contribution in [2.24, 2.45) is 29.6 Å². The van der Waals surface area contributed by atoms with E-state index >= 15 is 0 Å². The molecule has 3 saturated carbocycles. The molecule has 0 heterocycles. The van der Waals surface area contributed by atoms with Crippen LogP contribution < -0.4 is 5.32 Å². The van der Waals surface area contributed by atoms with Crippen LogP contribution in [0.15, 0.2) is 30.3 Å². The van der Waals surface area contributed by atoms with Gasteiger partial charge in [0.2, 0.25) is 5.91 Å². The predicted molar refractivity (Wildman–Crippen MR) is 85.4 cm³/mol. The summed E-state index contributed by atoms with van der Waals surface area (Å²) in [4.78, 5) is 12.4. The van der Waals surface area contributed by atoms with Crippen LogP contribution in [0, 0.1) is 29.6 Å². The number of anilines is 1. The lowest BCUT2D eigenvalue weighted by Gasteiger charge is -2.04. The summed E-state index contributed by atoms with van der Waals surface area (Å²) in [5.74, 6) is 2.39. The Labute approximate surface area is 135 Å². The highest BCUT2D eigenvalue weighted by atomic mass is 35.5. The van der Waals surface area contributed by atoms with Gasteiger partial charge in [0.1, 0.15) is 4.33 Å². The number of carbonyl (C=O) groups excluding carboxylic acids is 1. The van der Waals surface area contributed by atoms with Gasteiger partial charge in [-0.15, -0.1) is 23.2 Å². The lowest BCUT2D eigenvalue weighted by Crippen LogP contribution is -2.15. The molecule has 3 aliphatic carbocycles. The fourth-order valence-corrected chi connectivity index (χ4v) is 5.28. The van der Waals surface area contributed by atoms with E-state index in [1.807, 2.05) is 30.3 Å². The summed E-state index contributed by atoms with van der Waals surface area (Å²) in [5, 5.41) is 3.05. The second-order valence-electron chi connectivity index (χ2n) is 6.75. The number of alkyl halides is 2. The van der Waals surface area contributed by atoms with E-state index in [4.69, 9.17) is 23.2 Å². The lowest BCUT2D eigenvalue weighted by molar-refractivity contribution is -0.117. The predicted octanol–water partition coefficient (Wildman–Crippen LogP) is 4.48. The standard InChI is InChI=1S/C17H19Cl2NO/c18-17(19)13-8-6-11-12(7-9-14(13)17)15(11)16(21)20-10-4-2-1-3-5-10/h1-5,11-15H,6-9H2,(H,20,21)/t11-,12-,13-,14-/m1/s1. The number of halogens is 2. The lowest BCUT2D eigenvalue weighted by atomic mass is 10.0. The van der Waals surface area contributed by atoms with Crippen molar-refractivity contribution in [3.8, 4) is 0 Å². The minimum atomic E-state index is -0.474. The highest BCUT2D eigenvalue weighted by Gasteiger charge is 2.65. The van der Waals surface area contributed by atoms with E-state index in [1.165, 1.54) is 0 Å². The number of fused-ring (bicyclic) bond motifs is 2. The zero-order valence-corrected chi connectivity index (χ0v) is 13.3. The number of nitrogens with one attached hydrogen (secondary N) is 1. The first kappa shape index (κ1) is 13.9. The van der Waals surface area contributed by atoms with Crippen molar-refractivity contribution in [1.82, 2.24) is 0 Å². The molecule has 1 aromatic rings. The van der Waals surface area contributed by atoms with E-state index < -0.39 is 4.33 Å². The quantitative estimate of drug-likeness (QED) is 0.799. The van der Waals surface area contributed by atoms with Gasteiger partial charge in [-0.3, -0.25) is 4.79 Å². The van der Waals surface area contributed by atoms with Crippen LogP contribution in [0.3, 0.4) is 0 Å². The second kappa shape index (κ2) is 4.89. The minimum Gasteiger partial charge on any atom is -0.326 e. The first-order valence-electron chi connectivity index (χ1n) is 7.83. The molecule has 4 atom stereocenters. The van der Waals surface area contributed by atoms with E-state index in [2.05, 4.69) is 5.32 Å². The number of carbonyl (C=O) groups is 1. The van der Waals surface area contributed by atoms with Gasteiger partial charge in [-0.1, -0.05) is 18.2 Å². The van der Waals surface area contributed by atoms with Crippen LogP contribution in [0.4, 0.5) is 5.69 Å². The highest BCUT2D eigenvalue weighted by molar-refractivity contribution is 6.51. The Hall–Kier alpha value is -0.730. The molecule has 4 rings (SSSR count). The van der Waals surface area contributed by atoms with Gasteiger partial charge in [-0.25, -0.2) is 0 Å². The average molecular weight is 324 g/mol. The third-order valence-corrected chi connectivity index (χ3v) is 6.78. The first-order chi connectivity index (χ1) is 10.1. The van der Waals surface area contributed by atoms with Crippen molar-refractivity contribution in [3.05, 3.63) is 30.3 Å². The van der Waals surface area contributed by atoms with Crippen molar-refractivity contribution >= 4 is 34.8 Å². The number of hydrogen-bond acceptors (Lipinski definition) is 1. The molecule has 2 nitrogen and oxygen atoms in total. The van der Waals surface area contributed by atoms with Gasteiger partial charge in [-0.2, -0.15) is 0 Å². The van der Waals surface area contributed by atoms with Crippen LogP contribution in [-0.2, 0) is 4.79 Å². The van der Waals surface area contributed by atoms with Crippen molar-refractivity contribution in [2.45, 2.75) is 30.0 Å². The van der Waals surface area contributed by atoms with Gasteiger partial charge in [-0.05, 0) is 61.5 Å². The van der Waals surface area contributed by atoms with E-state index in [9.17, 15) is 4.79 Å². The molecule has 1 amide bonds. The summed E-state index contributed by atoms with van der Waals surface area (Å²) in [6.07, 6.45) is 4.35. The maximum absolute atomic E-state index is 12.4. The summed E-state index contributed by atoms with van der Waals surface area (Å²) in [6.45, 7) is 0. The Morgan fingerprint density at radius 1 is 1.00 bits per heavy atom. The molecule has 1 N–H and O–H groups in total. The average Bonchev–Trinajstić information content (AvgIpc) is 3.24. The molecule has 21 heavy (non-hydrogen) atoms. The smallest absolute Gasteiger partial charge is 0.228 e. The van der Waals surface area contributed by atoms with Gasteiger partial charge in [0.25, 0.3) is 0 Å². The third-order valence-electron chi connectivity index (χ3n) is 5.66. The number of amides is 1. The fourth-order valence-electron chi connectivity index (χ4n) is 4.36. The third kappa shape index (κ3) is 2.37.